The molecule has 0 radical (unpaired) electrons. The summed E-state index contributed by atoms with van der Waals surface area (Å²) >= 11 is 1.10. The molecule has 1 aromatic heterocycles. The number of halogens is 2. The average molecular weight is 408 g/mol. The molecule has 0 saturated carbocycles. The van der Waals surface area contributed by atoms with Crippen LogP contribution in [0.2, 0.25) is 0 Å². The monoisotopic (exact) mass is 408 g/mol. The molecule has 0 spiro atoms. The highest BCUT2D eigenvalue weighted by Gasteiger charge is 2.15. The predicted molar refractivity (Wildman–Crippen MR) is 109 cm³/mol. The van der Waals surface area contributed by atoms with E-state index in [4.69, 9.17) is 0 Å². The number of Topliss-reactive ketones (excluding diaryl/α,β-unsaturated/α-hetero) is 1. The van der Waals surface area contributed by atoms with E-state index in [2.05, 4.69) is 4.98 Å². The molecule has 4 aromatic rings. The van der Waals surface area contributed by atoms with Crippen molar-refractivity contribution < 1.29 is 13.6 Å². The number of aromatic nitrogens is 2. The maximum atomic E-state index is 13.3. The molecule has 0 aliphatic carbocycles. The third-order valence-electron chi connectivity index (χ3n) is 4.33. The van der Waals surface area contributed by atoms with E-state index in [1.54, 1.807) is 24.3 Å². The molecule has 0 unspecified atom stereocenters. The van der Waals surface area contributed by atoms with Gasteiger partial charge in [0, 0.05) is 5.56 Å². The van der Waals surface area contributed by atoms with Crippen molar-refractivity contribution >= 4 is 28.4 Å². The van der Waals surface area contributed by atoms with Gasteiger partial charge in [-0.15, -0.1) is 0 Å². The van der Waals surface area contributed by atoms with Gasteiger partial charge in [-0.1, -0.05) is 23.9 Å². The number of rotatable bonds is 5. The van der Waals surface area contributed by atoms with Gasteiger partial charge in [-0.25, -0.2) is 13.8 Å². The molecule has 0 bridgehead atoms. The quantitative estimate of drug-likeness (QED) is 0.274. The van der Waals surface area contributed by atoms with Gasteiger partial charge in [0.05, 0.1) is 22.3 Å². The first-order valence-electron chi connectivity index (χ1n) is 8.72. The summed E-state index contributed by atoms with van der Waals surface area (Å²) in [7, 11) is 0. The summed E-state index contributed by atoms with van der Waals surface area (Å²) in [6.07, 6.45) is 0. The molecular weight excluding hydrogens is 394 g/mol. The highest BCUT2D eigenvalue weighted by Crippen LogP contribution is 2.22. The molecule has 0 aliphatic heterocycles. The van der Waals surface area contributed by atoms with Gasteiger partial charge < -0.3 is 0 Å². The Labute approximate surface area is 168 Å². The van der Waals surface area contributed by atoms with Crippen molar-refractivity contribution in [1.29, 1.82) is 0 Å². The molecule has 0 amide bonds. The van der Waals surface area contributed by atoms with Crippen LogP contribution in [0.4, 0.5) is 8.78 Å². The van der Waals surface area contributed by atoms with Crippen LogP contribution in [0, 0.1) is 11.6 Å². The second kappa shape index (κ2) is 7.97. The lowest BCUT2D eigenvalue weighted by atomic mass is 10.1. The Morgan fingerprint density at radius 3 is 2.21 bits per heavy atom. The van der Waals surface area contributed by atoms with Crippen molar-refractivity contribution in [2.75, 3.05) is 5.75 Å². The van der Waals surface area contributed by atoms with Crippen molar-refractivity contribution in [2.45, 2.75) is 5.16 Å². The molecule has 0 aliphatic rings. The summed E-state index contributed by atoms with van der Waals surface area (Å²) < 4.78 is 27.8. The van der Waals surface area contributed by atoms with E-state index in [9.17, 15) is 18.4 Å². The van der Waals surface area contributed by atoms with Gasteiger partial charge in [-0.2, -0.15) is 0 Å². The first-order valence-corrected chi connectivity index (χ1v) is 9.71. The lowest BCUT2D eigenvalue weighted by molar-refractivity contribution is 0.102. The highest BCUT2D eigenvalue weighted by atomic mass is 32.2. The number of carbonyl (C=O) groups is 1. The predicted octanol–water partition coefficient (Wildman–Crippen LogP) is 4.64. The normalized spacial score (nSPS) is 11.0. The molecule has 3 aromatic carbocycles. The van der Waals surface area contributed by atoms with Gasteiger partial charge in [0.25, 0.3) is 5.56 Å². The minimum Gasteiger partial charge on any atom is -0.293 e. The molecule has 0 N–H and O–H groups in total. The summed E-state index contributed by atoms with van der Waals surface area (Å²) in [5.41, 5.74) is 1.02. The van der Waals surface area contributed by atoms with Gasteiger partial charge in [0.1, 0.15) is 11.6 Å². The minimum atomic E-state index is -0.421. The number of para-hydroxylation sites is 1. The van der Waals surface area contributed by atoms with Crippen molar-refractivity contribution in [1.82, 2.24) is 9.55 Å². The van der Waals surface area contributed by atoms with Gasteiger partial charge in [0.15, 0.2) is 10.9 Å². The molecule has 1 heterocycles. The first kappa shape index (κ1) is 19.0. The van der Waals surface area contributed by atoms with Crippen LogP contribution in [0.15, 0.2) is 82.7 Å². The minimum absolute atomic E-state index is 0.0115. The summed E-state index contributed by atoms with van der Waals surface area (Å²) in [5, 5.41) is 0.738. The highest BCUT2D eigenvalue weighted by molar-refractivity contribution is 7.99. The standard InChI is InChI=1S/C22H14F2N2O2S/c23-15-7-5-14(6-8-15)20(27)13-29-22-25-19-4-2-1-3-18(19)21(28)26(22)17-11-9-16(24)10-12-17/h1-12H,13H2. The van der Waals surface area contributed by atoms with Crippen molar-refractivity contribution in [3.8, 4) is 5.69 Å². The Hall–Kier alpha value is -3.32. The topological polar surface area (TPSA) is 52.0 Å². The lowest BCUT2D eigenvalue weighted by Gasteiger charge is -2.13. The Bertz CT molecular complexity index is 1250. The molecule has 4 nitrogen and oxygen atoms in total. The third kappa shape index (κ3) is 3.95. The van der Waals surface area contributed by atoms with Crippen LogP contribution in [0.3, 0.4) is 0 Å². The summed E-state index contributed by atoms with van der Waals surface area (Å²) in [4.78, 5) is 30.1. The number of benzene rings is 3. The van der Waals surface area contributed by atoms with E-state index in [1.807, 2.05) is 0 Å². The molecule has 4 rings (SSSR count). The number of fused-ring (bicyclic) bond motifs is 1. The average Bonchev–Trinajstić information content (AvgIpc) is 2.73. The maximum Gasteiger partial charge on any atom is 0.266 e. The molecule has 144 valence electrons. The van der Waals surface area contributed by atoms with E-state index in [-0.39, 0.29) is 17.1 Å². The zero-order valence-electron chi connectivity index (χ0n) is 15.0. The van der Waals surface area contributed by atoms with Crippen LogP contribution < -0.4 is 5.56 Å². The van der Waals surface area contributed by atoms with E-state index in [0.717, 1.165) is 11.8 Å². The van der Waals surface area contributed by atoms with E-state index in [0.29, 0.717) is 27.3 Å². The molecular formula is C22H14F2N2O2S. The number of hydrogen-bond donors (Lipinski definition) is 0. The van der Waals surface area contributed by atoms with Gasteiger partial charge >= 0.3 is 0 Å². The maximum absolute atomic E-state index is 13.3. The Kier molecular flexibility index (Phi) is 5.22. The van der Waals surface area contributed by atoms with Crippen molar-refractivity contribution in [3.05, 3.63) is 100 Å². The zero-order valence-corrected chi connectivity index (χ0v) is 15.8. The van der Waals surface area contributed by atoms with Crippen LogP contribution in [0.1, 0.15) is 10.4 Å². The van der Waals surface area contributed by atoms with Crippen molar-refractivity contribution in [3.63, 3.8) is 0 Å². The van der Waals surface area contributed by atoms with Crippen LogP contribution in [-0.4, -0.2) is 21.1 Å². The number of thioether (sulfide) groups is 1. The number of nitrogens with zero attached hydrogens (tertiary/aromatic N) is 2. The number of carbonyl (C=O) groups excluding carboxylic acids is 1. The van der Waals surface area contributed by atoms with E-state index < -0.39 is 11.6 Å². The largest absolute Gasteiger partial charge is 0.293 e. The number of hydrogen-bond acceptors (Lipinski definition) is 4. The molecule has 0 atom stereocenters. The molecule has 0 saturated heterocycles. The molecule has 0 fully saturated rings. The zero-order chi connectivity index (χ0) is 20.4. The van der Waals surface area contributed by atoms with Crippen LogP contribution in [-0.2, 0) is 0 Å². The van der Waals surface area contributed by atoms with Gasteiger partial charge in [-0.3, -0.25) is 14.2 Å². The van der Waals surface area contributed by atoms with Crippen LogP contribution in [0.5, 0.6) is 0 Å². The fourth-order valence-corrected chi connectivity index (χ4v) is 3.78. The van der Waals surface area contributed by atoms with E-state index >= 15 is 0 Å². The summed E-state index contributed by atoms with van der Waals surface area (Å²) in [6.45, 7) is 0. The smallest absolute Gasteiger partial charge is 0.266 e. The second-order valence-corrected chi connectivity index (χ2v) is 7.19. The Morgan fingerprint density at radius 1 is 0.897 bits per heavy atom. The Balaban J connectivity index is 1.75. The molecule has 29 heavy (non-hydrogen) atoms. The third-order valence-corrected chi connectivity index (χ3v) is 5.27. The number of ketones is 1. The van der Waals surface area contributed by atoms with Crippen LogP contribution >= 0.6 is 11.8 Å². The second-order valence-electron chi connectivity index (χ2n) is 6.25. The fraction of sp³-hybridized carbons (Fsp3) is 0.0455. The van der Waals surface area contributed by atoms with Crippen molar-refractivity contribution in [2.24, 2.45) is 0 Å². The Morgan fingerprint density at radius 2 is 1.52 bits per heavy atom. The van der Waals surface area contributed by atoms with Crippen LogP contribution in [0.25, 0.3) is 16.6 Å². The lowest BCUT2D eigenvalue weighted by Crippen LogP contribution is -2.22. The molecule has 7 heteroatoms. The fourth-order valence-electron chi connectivity index (χ4n) is 2.88. The summed E-state index contributed by atoms with van der Waals surface area (Å²) in [6, 6.07) is 17.7. The van der Waals surface area contributed by atoms with E-state index in [1.165, 1.54) is 53.1 Å². The van der Waals surface area contributed by atoms with Gasteiger partial charge in [0.2, 0.25) is 0 Å². The summed E-state index contributed by atoms with van der Waals surface area (Å²) in [5.74, 6) is -1.05. The van der Waals surface area contributed by atoms with Gasteiger partial charge in [-0.05, 0) is 60.7 Å². The first-order chi connectivity index (χ1) is 14.0. The SMILES string of the molecule is O=C(CSc1nc2ccccc2c(=O)n1-c1ccc(F)cc1)c1ccc(F)cc1.